The Morgan fingerprint density at radius 3 is 1.88 bits per heavy atom. The highest BCUT2D eigenvalue weighted by Gasteiger charge is 2.33. The highest BCUT2D eigenvalue weighted by Crippen LogP contribution is 2.28. The van der Waals surface area contributed by atoms with Gasteiger partial charge in [0.15, 0.2) is 0 Å². The third-order valence-corrected chi connectivity index (χ3v) is 4.46. The summed E-state index contributed by atoms with van der Waals surface area (Å²) in [7, 11) is 4.13. The Hall–Kier alpha value is -0.120. The van der Waals surface area contributed by atoms with Crippen LogP contribution in [0.2, 0.25) is 0 Å². The van der Waals surface area contributed by atoms with Crippen LogP contribution in [0.3, 0.4) is 0 Å². The van der Waals surface area contributed by atoms with E-state index in [2.05, 4.69) is 58.4 Å². The third kappa shape index (κ3) is 4.23. The molecular weight excluding hydrogens is 212 g/mol. The van der Waals surface area contributed by atoms with E-state index >= 15 is 0 Å². The van der Waals surface area contributed by atoms with Crippen LogP contribution in [0.15, 0.2) is 0 Å². The van der Waals surface area contributed by atoms with Gasteiger partial charge in [-0.3, -0.25) is 9.80 Å². The van der Waals surface area contributed by atoms with E-state index in [1.54, 1.807) is 0 Å². The number of hydrogen-bond donors (Lipinski definition) is 1. The summed E-state index contributed by atoms with van der Waals surface area (Å²) in [4.78, 5) is 4.38. The van der Waals surface area contributed by atoms with Crippen molar-refractivity contribution in [2.75, 3.05) is 14.1 Å². The first kappa shape index (κ1) is 16.9. The van der Waals surface area contributed by atoms with Gasteiger partial charge in [0.1, 0.15) is 6.23 Å². The molecule has 0 aliphatic rings. The van der Waals surface area contributed by atoms with E-state index in [1.165, 1.54) is 0 Å². The average Bonchev–Trinajstić information content (AvgIpc) is 2.33. The van der Waals surface area contributed by atoms with Crippen molar-refractivity contribution in [3.63, 3.8) is 0 Å². The van der Waals surface area contributed by atoms with Gasteiger partial charge in [0.25, 0.3) is 0 Å². The highest BCUT2D eigenvalue weighted by atomic mass is 16.3. The van der Waals surface area contributed by atoms with Gasteiger partial charge in [-0.2, -0.15) is 0 Å². The van der Waals surface area contributed by atoms with Gasteiger partial charge in [-0.25, -0.2) is 0 Å². The number of aliphatic hydroxyl groups is 1. The summed E-state index contributed by atoms with van der Waals surface area (Å²) in [5.41, 5.74) is -0.0701. The van der Waals surface area contributed by atoms with Gasteiger partial charge in [-0.1, -0.05) is 27.7 Å². The van der Waals surface area contributed by atoms with E-state index in [-0.39, 0.29) is 11.6 Å². The Kier molecular flexibility index (Phi) is 6.67. The summed E-state index contributed by atoms with van der Waals surface area (Å²) in [6.07, 6.45) is 1.93. The Morgan fingerprint density at radius 2 is 1.53 bits per heavy atom. The zero-order valence-corrected chi connectivity index (χ0v) is 13.0. The minimum atomic E-state index is -0.408. The summed E-state index contributed by atoms with van der Waals surface area (Å²) < 4.78 is 0. The summed E-state index contributed by atoms with van der Waals surface area (Å²) in [5, 5.41) is 10.4. The van der Waals surface area contributed by atoms with Crippen molar-refractivity contribution >= 4 is 0 Å². The minimum Gasteiger partial charge on any atom is -0.378 e. The lowest BCUT2D eigenvalue weighted by molar-refractivity contribution is -0.114. The normalized spacial score (nSPS) is 18.5. The second-order valence-corrected chi connectivity index (χ2v) is 5.94. The zero-order valence-electron chi connectivity index (χ0n) is 13.0. The van der Waals surface area contributed by atoms with Gasteiger partial charge in [0.05, 0.1) is 6.17 Å². The van der Waals surface area contributed by atoms with E-state index in [4.69, 9.17) is 0 Å². The molecule has 0 fully saturated rings. The Morgan fingerprint density at radius 1 is 1.06 bits per heavy atom. The molecule has 0 radical (unpaired) electrons. The van der Waals surface area contributed by atoms with E-state index < -0.39 is 6.23 Å². The molecule has 17 heavy (non-hydrogen) atoms. The first-order chi connectivity index (χ1) is 7.68. The molecule has 0 aromatic heterocycles. The molecule has 3 heteroatoms. The third-order valence-electron chi connectivity index (χ3n) is 4.46. The van der Waals surface area contributed by atoms with Gasteiger partial charge in [-0.05, 0) is 40.8 Å². The fraction of sp³-hybridized carbons (Fsp3) is 1.00. The molecule has 0 saturated carbocycles. The SMILES string of the molecule is CCC(C)N(C)C(C)N(C)C(O)C(C)(C)CC. The molecular formula is C14H32N2O. The summed E-state index contributed by atoms with van der Waals surface area (Å²) >= 11 is 0. The first-order valence-electron chi connectivity index (χ1n) is 6.80. The van der Waals surface area contributed by atoms with Gasteiger partial charge in [0.2, 0.25) is 0 Å². The van der Waals surface area contributed by atoms with Crippen LogP contribution in [0.5, 0.6) is 0 Å². The minimum absolute atomic E-state index is 0.0701. The lowest BCUT2D eigenvalue weighted by atomic mass is 9.87. The molecule has 0 aromatic carbocycles. The van der Waals surface area contributed by atoms with Gasteiger partial charge < -0.3 is 5.11 Å². The maximum Gasteiger partial charge on any atom is 0.113 e. The monoisotopic (exact) mass is 244 g/mol. The maximum absolute atomic E-state index is 10.4. The van der Waals surface area contributed by atoms with Crippen molar-refractivity contribution in [2.24, 2.45) is 5.41 Å². The molecule has 3 unspecified atom stereocenters. The smallest absolute Gasteiger partial charge is 0.113 e. The Bertz CT molecular complexity index is 218. The molecule has 0 bridgehead atoms. The van der Waals surface area contributed by atoms with E-state index in [0.717, 1.165) is 12.8 Å². The molecule has 3 atom stereocenters. The van der Waals surface area contributed by atoms with Crippen LogP contribution < -0.4 is 0 Å². The number of hydrogen-bond acceptors (Lipinski definition) is 3. The second-order valence-electron chi connectivity index (χ2n) is 5.94. The predicted octanol–water partition coefficient (Wildman–Crippen LogP) is 2.75. The highest BCUT2D eigenvalue weighted by molar-refractivity contribution is 4.79. The van der Waals surface area contributed by atoms with E-state index in [0.29, 0.717) is 6.04 Å². The average molecular weight is 244 g/mol. The van der Waals surface area contributed by atoms with Crippen molar-refractivity contribution in [1.82, 2.24) is 9.80 Å². The maximum atomic E-state index is 10.4. The van der Waals surface area contributed by atoms with Crippen molar-refractivity contribution in [2.45, 2.75) is 72.8 Å². The van der Waals surface area contributed by atoms with E-state index in [1.807, 2.05) is 7.05 Å². The van der Waals surface area contributed by atoms with Crippen LogP contribution in [0.25, 0.3) is 0 Å². The molecule has 104 valence electrons. The quantitative estimate of drug-likeness (QED) is 0.698. The Balaban J connectivity index is 4.64. The number of rotatable bonds is 7. The molecule has 0 rings (SSSR count). The molecule has 0 spiro atoms. The molecule has 3 nitrogen and oxygen atoms in total. The van der Waals surface area contributed by atoms with Crippen LogP contribution >= 0.6 is 0 Å². The number of nitrogens with zero attached hydrogens (tertiary/aromatic N) is 2. The summed E-state index contributed by atoms with van der Waals surface area (Å²) in [6, 6.07) is 0.532. The van der Waals surface area contributed by atoms with Crippen LogP contribution in [-0.2, 0) is 0 Å². The zero-order chi connectivity index (χ0) is 13.8. The van der Waals surface area contributed by atoms with E-state index in [9.17, 15) is 5.11 Å². The molecule has 0 heterocycles. The summed E-state index contributed by atoms with van der Waals surface area (Å²) in [5.74, 6) is 0. The van der Waals surface area contributed by atoms with Crippen molar-refractivity contribution in [3.8, 4) is 0 Å². The summed E-state index contributed by atoms with van der Waals surface area (Å²) in [6.45, 7) is 12.9. The van der Waals surface area contributed by atoms with Crippen molar-refractivity contribution < 1.29 is 5.11 Å². The van der Waals surface area contributed by atoms with Gasteiger partial charge in [-0.15, -0.1) is 0 Å². The van der Waals surface area contributed by atoms with Crippen molar-refractivity contribution in [1.29, 1.82) is 0 Å². The molecule has 1 N–H and O–H groups in total. The molecule has 0 saturated heterocycles. The first-order valence-corrected chi connectivity index (χ1v) is 6.80. The van der Waals surface area contributed by atoms with Gasteiger partial charge in [0, 0.05) is 11.5 Å². The van der Waals surface area contributed by atoms with Crippen LogP contribution in [0.4, 0.5) is 0 Å². The lowest BCUT2D eigenvalue weighted by Crippen LogP contribution is -2.54. The standard InChI is InChI=1S/C14H32N2O/c1-9-11(3)15(7)12(4)16(8)13(17)14(5,6)10-2/h11-13,17H,9-10H2,1-8H3. The fourth-order valence-corrected chi connectivity index (χ4v) is 1.88. The lowest BCUT2D eigenvalue weighted by Gasteiger charge is -2.43. The topological polar surface area (TPSA) is 26.7 Å². The molecule has 0 aliphatic carbocycles. The molecule has 0 amide bonds. The largest absolute Gasteiger partial charge is 0.378 e. The predicted molar refractivity (Wildman–Crippen MR) is 74.8 cm³/mol. The van der Waals surface area contributed by atoms with Crippen LogP contribution in [-0.4, -0.2) is 47.4 Å². The van der Waals surface area contributed by atoms with Gasteiger partial charge >= 0.3 is 0 Å². The van der Waals surface area contributed by atoms with Crippen molar-refractivity contribution in [3.05, 3.63) is 0 Å². The second kappa shape index (κ2) is 6.72. The van der Waals surface area contributed by atoms with Crippen LogP contribution in [0, 0.1) is 5.41 Å². The fourth-order valence-electron chi connectivity index (χ4n) is 1.88. The van der Waals surface area contributed by atoms with Crippen LogP contribution in [0.1, 0.15) is 54.4 Å². The molecule has 0 aliphatic heterocycles. The molecule has 0 aromatic rings. The number of aliphatic hydroxyl groups excluding tert-OH is 1. The Labute approximate surface area is 108 Å².